The van der Waals surface area contributed by atoms with Crippen LogP contribution >= 0.6 is 0 Å². The van der Waals surface area contributed by atoms with Crippen LogP contribution in [0.3, 0.4) is 0 Å². The highest BCUT2D eigenvalue weighted by Gasteiger charge is 2.34. The minimum absolute atomic E-state index is 0.0211. The first-order valence-electron chi connectivity index (χ1n) is 11.3. The van der Waals surface area contributed by atoms with Gasteiger partial charge in [-0.1, -0.05) is 30.3 Å². The van der Waals surface area contributed by atoms with Gasteiger partial charge in [-0.15, -0.1) is 0 Å². The molecular formula is C27H26FN3O2. The van der Waals surface area contributed by atoms with E-state index in [2.05, 4.69) is 10.6 Å². The monoisotopic (exact) mass is 443 g/mol. The van der Waals surface area contributed by atoms with E-state index >= 15 is 0 Å². The van der Waals surface area contributed by atoms with Crippen LogP contribution in [0.5, 0.6) is 5.75 Å². The number of halogens is 1. The third-order valence-corrected chi connectivity index (χ3v) is 6.19. The molecule has 1 saturated heterocycles. The van der Waals surface area contributed by atoms with E-state index in [1.807, 2.05) is 49.4 Å². The van der Waals surface area contributed by atoms with Crippen molar-refractivity contribution in [2.24, 2.45) is 0 Å². The van der Waals surface area contributed by atoms with Crippen LogP contribution in [-0.4, -0.2) is 28.6 Å². The molecule has 0 aliphatic carbocycles. The number of para-hydroxylation sites is 3. The van der Waals surface area contributed by atoms with Gasteiger partial charge in [0.1, 0.15) is 17.4 Å². The summed E-state index contributed by atoms with van der Waals surface area (Å²) in [5.41, 5.74) is 3.84. The van der Waals surface area contributed by atoms with E-state index in [-0.39, 0.29) is 17.6 Å². The molecule has 168 valence electrons. The lowest BCUT2D eigenvalue weighted by Gasteiger charge is -2.17. The topological polar surface area (TPSA) is 47.4 Å². The van der Waals surface area contributed by atoms with Crippen molar-refractivity contribution in [3.05, 3.63) is 90.0 Å². The Balaban J connectivity index is 1.35. The SMILES string of the molecule is Cc1ccccc1OCCCn1c([C@@H]2CC(=O)N(c3ccc(F)cc3)C2)nc2ccccc21. The molecule has 0 saturated carbocycles. The van der Waals surface area contributed by atoms with Crippen LogP contribution in [0.1, 0.15) is 30.1 Å². The number of ether oxygens (including phenoxy) is 1. The predicted octanol–water partition coefficient (Wildman–Crippen LogP) is 5.47. The Kier molecular flexibility index (Phi) is 5.82. The van der Waals surface area contributed by atoms with Crippen LogP contribution < -0.4 is 9.64 Å². The number of amides is 1. The largest absolute Gasteiger partial charge is 0.493 e. The highest BCUT2D eigenvalue weighted by atomic mass is 19.1. The van der Waals surface area contributed by atoms with Crippen molar-refractivity contribution in [1.29, 1.82) is 0 Å². The number of hydrogen-bond acceptors (Lipinski definition) is 3. The second kappa shape index (κ2) is 9.06. The van der Waals surface area contributed by atoms with E-state index in [4.69, 9.17) is 9.72 Å². The van der Waals surface area contributed by atoms with E-state index < -0.39 is 0 Å². The van der Waals surface area contributed by atoms with Gasteiger partial charge in [-0.3, -0.25) is 4.79 Å². The molecule has 2 heterocycles. The summed E-state index contributed by atoms with van der Waals surface area (Å²) in [5, 5.41) is 0. The lowest BCUT2D eigenvalue weighted by molar-refractivity contribution is -0.117. The van der Waals surface area contributed by atoms with Crippen LogP contribution in [0.2, 0.25) is 0 Å². The summed E-state index contributed by atoms with van der Waals surface area (Å²) >= 11 is 0. The second-order valence-corrected chi connectivity index (χ2v) is 8.46. The molecule has 1 fully saturated rings. The molecule has 1 amide bonds. The van der Waals surface area contributed by atoms with Crippen molar-refractivity contribution in [2.45, 2.75) is 32.2 Å². The number of anilines is 1. The first-order chi connectivity index (χ1) is 16.1. The molecular weight excluding hydrogens is 417 g/mol. The number of imidazole rings is 1. The summed E-state index contributed by atoms with van der Waals surface area (Å²) in [4.78, 5) is 19.4. The fourth-order valence-electron chi connectivity index (χ4n) is 4.52. The van der Waals surface area contributed by atoms with Crippen LogP contribution in [0.15, 0.2) is 72.8 Å². The molecule has 4 aromatic rings. The number of carbonyl (C=O) groups excluding carboxylic acids is 1. The van der Waals surface area contributed by atoms with E-state index in [0.29, 0.717) is 19.6 Å². The van der Waals surface area contributed by atoms with Crippen molar-refractivity contribution >= 4 is 22.6 Å². The van der Waals surface area contributed by atoms with E-state index in [1.54, 1.807) is 17.0 Å². The Hall–Kier alpha value is -3.67. The average molecular weight is 444 g/mol. The lowest BCUT2D eigenvalue weighted by Crippen LogP contribution is -2.24. The molecule has 0 bridgehead atoms. The highest BCUT2D eigenvalue weighted by Crippen LogP contribution is 2.33. The van der Waals surface area contributed by atoms with Crippen LogP contribution in [0.25, 0.3) is 11.0 Å². The number of aromatic nitrogens is 2. The molecule has 6 heteroatoms. The van der Waals surface area contributed by atoms with Gasteiger partial charge in [0.25, 0.3) is 0 Å². The first-order valence-corrected chi connectivity index (χ1v) is 11.3. The van der Waals surface area contributed by atoms with Gasteiger partial charge in [-0.2, -0.15) is 0 Å². The number of carbonyl (C=O) groups is 1. The van der Waals surface area contributed by atoms with E-state index in [9.17, 15) is 9.18 Å². The first kappa shape index (κ1) is 21.2. The molecule has 1 atom stereocenters. The minimum atomic E-state index is -0.309. The van der Waals surface area contributed by atoms with Gasteiger partial charge in [0, 0.05) is 31.1 Å². The molecule has 0 radical (unpaired) electrons. The number of benzene rings is 3. The van der Waals surface area contributed by atoms with Gasteiger partial charge in [-0.25, -0.2) is 9.37 Å². The fourth-order valence-corrected chi connectivity index (χ4v) is 4.52. The Morgan fingerprint density at radius 3 is 2.61 bits per heavy atom. The molecule has 1 aliphatic rings. The smallest absolute Gasteiger partial charge is 0.227 e. The standard InChI is InChI=1S/C27H26FN3O2/c1-19-7-2-5-10-25(19)33-16-6-15-30-24-9-4-3-8-23(24)29-27(30)20-17-26(32)31(18-20)22-13-11-21(28)12-14-22/h2-5,7-14,20H,6,15-18H2,1H3/t20-/m1/s1. The van der Waals surface area contributed by atoms with E-state index in [0.717, 1.165) is 46.8 Å². The zero-order valence-corrected chi connectivity index (χ0v) is 18.6. The molecule has 0 N–H and O–H groups in total. The number of nitrogens with zero attached hydrogens (tertiary/aromatic N) is 3. The number of aryl methyl sites for hydroxylation is 2. The molecule has 1 aliphatic heterocycles. The highest BCUT2D eigenvalue weighted by molar-refractivity contribution is 5.96. The molecule has 5 nitrogen and oxygen atoms in total. The van der Waals surface area contributed by atoms with Gasteiger partial charge in [0.05, 0.1) is 17.6 Å². The average Bonchev–Trinajstić information content (AvgIpc) is 3.39. The van der Waals surface area contributed by atoms with Gasteiger partial charge >= 0.3 is 0 Å². The predicted molar refractivity (Wildman–Crippen MR) is 127 cm³/mol. The number of fused-ring (bicyclic) bond motifs is 1. The summed E-state index contributed by atoms with van der Waals surface area (Å²) in [7, 11) is 0. The Morgan fingerprint density at radius 1 is 1.03 bits per heavy atom. The maximum absolute atomic E-state index is 13.3. The van der Waals surface area contributed by atoms with Crippen molar-refractivity contribution in [3.8, 4) is 5.75 Å². The van der Waals surface area contributed by atoms with Crippen LogP contribution in [0.4, 0.5) is 10.1 Å². The number of rotatable bonds is 7. The Bertz CT molecular complexity index is 1280. The molecule has 1 aromatic heterocycles. The van der Waals surface area contributed by atoms with Gasteiger partial charge in [0.2, 0.25) is 5.91 Å². The Morgan fingerprint density at radius 2 is 1.79 bits per heavy atom. The van der Waals surface area contributed by atoms with Crippen LogP contribution in [0, 0.1) is 12.7 Å². The van der Waals surface area contributed by atoms with Gasteiger partial charge in [0.15, 0.2) is 0 Å². The summed E-state index contributed by atoms with van der Waals surface area (Å²) in [5.74, 6) is 1.53. The Labute approximate surface area is 192 Å². The number of hydrogen-bond donors (Lipinski definition) is 0. The quantitative estimate of drug-likeness (QED) is 0.356. The maximum atomic E-state index is 13.3. The third-order valence-electron chi connectivity index (χ3n) is 6.19. The molecule has 3 aromatic carbocycles. The summed E-state index contributed by atoms with van der Waals surface area (Å²) < 4.78 is 21.5. The van der Waals surface area contributed by atoms with Crippen LogP contribution in [-0.2, 0) is 11.3 Å². The molecule has 33 heavy (non-hydrogen) atoms. The van der Waals surface area contributed by atoms with Gasteiger partial charge < -0.3 is 14.2 Å². The molecule has 0 unspecified atom stereocenters. The fraction of sp³-hybridized carbons (Fsp3) is 0.259. The normalized spacial score (nSPS) is 16.0. The van der Waals surface area contributed by atoms with Crippen molar-refractivity contribution in [3.63, 3.8) is 0 Å². The lowest BCUT2D eigenvalue weighted by atomic mass is 10.1. The van der Waals surface area contributed by atoms with Crippen molar-refractivity contribution in [2.75, 3.05) is 18.1 Å². The zero-order valence-electron chi connectivity index (χ0n) is 18.6. The minimum Gasteiger partial charge on any atom is -0.493 e. The molecule has 0 spiro atoms. The summed E-state index contributed by atoms with van der Waals surface area (Å²) in [6, 6.07) is 22.2. The summed E-state index contributed by atoms with van der Waals surface area (Å²) in [6.45, 7) is 3.93. The third kappa shape index (κ3) is 4.33. The maximum Gasteiger partial charge on any atom is 0.227 e. The second-order valence-electron chi connectivity index (χ2n) is 8.46. The summed E-state index contributed by atoms with van der Waals surface area (Å²) in [6.07, 6.45) is 1.21. The van der Waals surface area contributed by atoms with Crippen molar-refractivity contribution < 1.29 is 13.9 Å². The van der Waals surface area contributed by atoms with Gasteiger partial charge in [-0.05, 0) is 61.4 Å². The van der Waals surface area contributed by atoms with Crippen molar-refractivity contribution in [1.82, 2.24) is 9.55 Å². The zero-order chi connectivity index (χ0) is 22.8. The molecule has 5 rings (SSSR count). The van der Waals surface area contributed by atoms with E-state index in [1.165, 1.54) is 12.1 Å².